The molecule has 3 heteroatoms. The Hall–Kier alpha value is -1.74. The van der Waals surface area contributed by atoms with Gasteiger partial charge in [-0.05, 0) is 54.8 Å². The van der Waals surface area contributed by atoms with E-state index in [1.807, 2.05) is 0 Å². The molecule has 0 radical (unpaired) electrons. The topological polar surface area (TPSA) is 14.2 Å². The zero-order valence-electron chi connectivity index (χ0n) is 15.9. The molecule has 0 fully saturated rings. The Balaban J connectivity index is 0.00000109. The maximum absolute atomic E-state index is 5.75. The SMILES string of the molecule is CCCc1c(C)n(Cc2ccc(Br)cc2)c2ccc(OC)cc12.[3H]C. The molecule has 0 saturated heterocycles. The van der Waals surface area contributed by atoms with Crippen LogP contribution in [-0.4, -0.2) is 11.7 Å². The van der Waals surface area contributed by atoms with Crippen molar-refractivity contribution >= 4 is 26.8 Å². The third-order valence-electron chi connectivity index (χ3n) is 4.42. The molecule has 0 spiro atoms. The Morgan fingerprint density at radius 2 is 1.88 bits per heavy atom. The van der Waals surface area contributed by atoms with E-state index in [0.29, 0.717) is 0 Å². The smallest absolute Gasteiger partial charge is 0.119 e. The van der Waals surface area contributed by atoms with Gasteiger partial charge in [0.1, 0.15) is 5.75 Å². The summed E-state index contributed by atoms with van der Waals surface area (Å²) in [5, 5.41) is 1.32. The fourth-order valence-corrected chi connectivity index (χ4v) is 3.46. The lowest BCUT2D eigenvalue weighted by molar-refractivity contribution is 0.415. The Labute approximate surface area is 155 Å². The first-order chi connectivity index (χ1) is 12.1. The molecule has 3 aromatic rings. The van der Waals surface area contributed by atoms with Gasteiger partial charge in [-0.15, -0.1) is 0 Å². The zero-order valence-corrected chi connectivity index (χ0v) is 16.5. The summed E-state index contributed by atoms with van der Waals surface area (Å²) in [5.74, 6) is 0.927. The summed E-state index contributed by atoms with van der Waals surface area (Å²) < 4.78 is 14.7. The van der Waals surface area contributed by atoms with E-state index >= 15 is 0 Å². The molecule has 24 heavy (non-hydrogen) atoms. The van der Waals surface area contributed by atoms with Gasteiger partial charge in [-0.1, -0.05) is 48.8 Å². The van der Waals surface area contributed by atoms with E-state index in [9.17, 15) is 0 Å². The van der Waals surface area contributed by atoms with Crippen molar-refractivity contribution in [2.24, 2.45) is 0 Å². The minimum Gasteiger partial charge on any atom is -0.497 e. The van der Waals surface area contributed by atoms with Crippen molar-refractivity contribution < 1.29 is 6.11 Å². The lowest BCUT2D eigenvalue weighted by Gasteiger charge is -2.09. The van der Waals surface area contributed by atoms with Crippen LogP contribution in [0.3, 0.4) is 0 Å². The molecular weight excluding hydrogens is 362 g/mol. The van der Waals surface area contributed by atoms with Crippen LogP contribution in [-0.2, 0) is 13.0 Å². The summed E-state index contributed by atoms with van der Waals surface area (Å²) in [7, 11) is 2.98. The van der Waals surface area contributed by atoms with Crippen molar-refractivity contribution in [3.63, 3.8) is 0 Å². The summed E-state index contributed by atoms with van der Waals surface area (Å²) in [6.45, 7) is 5.36. The number of aromatic nitrogens is 1. The van der Waals surface area contributed by atoms with Gasteiger partial charge in [0, 0.05) is 29.0 Å². The largest absolute Gasteiger partial charge is 0.497 e. The van der Waals surface area contributed by atoms with Crippen LogP contribution in [0.4, 0.5) is 0 Å². The van der Waals surface area contributed by atoms with Gasteiger partial charge in [-0.2, -0.15) is 0 Å². The van der Waals surface area contributed by atoms with Gasteiger partial charge in [-0.3, -0.25) is 0 Å². The molecule has 2 aromatic carbocycles. The minimum atomic E-state index is 0.895. The van der Waals surface area contributed by atoms with Crippen molar-refractivity contribution in [3.05, 3.63) is 63.8 Å². The molecule has 0 aliphatic carbocycles. The number of rotatable bonds is 5. The van der Waals surface area contributed by atoms with Crippen LogP contribution in [0.25, 0.3) is 10.9 Å². The van der Waals surface area contributed by atoms with Crippen molar-refractivity contribution in [1.29, 1.82) is 0 Å². The first-order valence-electron chi connectivity index (χ1n) is 9.04. The molecule has 0 amide bonds. The second kappa shape index (κ2) is 7.89. The fraction of sp³-hybridized carbons (Fsp3) is 0.333. The third kappa shape index (κ3) is 3.51. The highest BCUT2D eigenvalue weighted by molar-refractivity contribution is 9.10. The molecule has 1 aromatic heterocycles. The van der Waals surface area contributed by atoms with Crippen LogP contribution in [0, 0.1) is 6.92 Å². The van der Waals surface area contributed by atoms with E-state index in [-0.39, 0.29) is 0 Å². The van der Waals surface area contributed by atoms with E-state index in [4.69, 9.17) is 6.11 Å². The van der Waals surface area contributed by atoms with Crippen LogP contribution >= 0.6 is 15.9 Å². The molecule has 0 unspecified atom stereocenters. The van der Waals surface area contributed by atoms with Crippen LogP contribution in [0.15, 0.2) is 46.9 Å². The zero-order chi connectivity index (χ0) is 18.4. The number of benzene rings is 2. The normalized spacial score (nSPS) is 11.0. The van der Waals surface area contributed by atoms with E-state index in [0.717, 1.165) is 29.6 Å². The van der Waals surface area contributed by atoms with Crippen LogP contribution in [0.5, 0.6) is 5.75 Å². The Morgan fingerprint density at radius 1 is 1.17 bits per heavy atom. The minimum absolute atomic E-state index is 0.895. The number of methoxy groups -OCH3 is 1. The molecule has 0 aliphatic rings. The van der Waals surface area contributed by atoms with Gasteiger partial charge >= 0.3 is 0 Å². The Kier molecular flexibility index (Phi) is 5.62. The molecule has 0 aliphatic heterocycles. The Morgan fingerprint density at radius 3 is 2.50 bits per heavy atom. The van der Waals surface area contributed by atoms with Crippen molar-refractivity contribution in [2.75, 3.05) is 7.11 Å². The number of fused-ring (bicyclic) bond motifs is 1. The van der Waals surface area contributed by atoms with Crippen molar-refractivity contribution in [3.8, 4) is 5.75 Å². The number of halogens is 1. The molecular formula is C21H26BrNO. The second-order valence-corrected chi connectivity index (χ2v) is 6.83. The van der Waals surface area contributed by atoms with E-state index in [1.165, 1.54) is 35.1 Å². The van der Waals surface area contributed by atoms with E-state index < -0.39 is 0 Å². The molecule has 0 saturated carbocycles. The van der Waals surface area contributed by atoms with Crippen molar-refractivity contribution in [1.82, 2.24) is 4.57 Å². The summed E-state index contributed by atoms with van der Waals surface area (Å²) in [5.41, 5.74) is 5.40. The average molecular weight is 390 g/mol. The second-order valence-electron chi connectivity index (χ2n) is 5.91. The quantitative estimate of drug-likeness (QED) is 0.495. The average Bonchev–Trinajstić information content (AvgIpc) is 2.90. The fourth-order valence-electron chi connectivity index (χ4n) is 3.20. The first kappa shape index (κ1) is 17.1. The molecule has 0 atom stereocenters. The number of hydrogen-bond acceptors (Lipinski definition) is 1. The van der Waals surface area contributed by atoms with Crippen LogP contribution in [0.2, 0.25) is 0 Å². The van der Waals surface area contributed by atoms with Gasteiger partial charge in [0.2, 0.25) is 0 Å². The number of nitrogens with zero attached hydrogens (tertiary/aromatic N) is 1. The lowest BCUT2D eigenvalue weighted by Crippen LogP contribution is -2.02. The summed E-state index contributed by atoms with van der Waals surface area (Å²) in [4.78, 5) is 0. The molecule has 0 N–H and O–H groups in total. The summed E-state index contributed by atoms with van der Waals surface area (Å²) >= 11 is 3.50. The monoisotopic (exact) mass is 389 g/mol. The number of ether oxygens (including phenoxy) is 1. The maximum Gasteiger partial charge on any atom is 0.119 e. The van der Waals surface area contributed by atoms with Gasteiger partial charge in [0.15, 0.2) is 0 Å². The maximum atomic E-state index is 5.75. The van der Waals surface area contributed by atoms with Gasteiger partial charge in [0.25, 0.3) is 0 Å². The summed E-state index contributed by atoms with van der Waals surface area (Å²) in [6, 6.07) is 15.0. The standard InChI is InChI=1S/C20H22BrNO.CH4/c1-4-5-18-14(2)22(13-15-6-8-16(21)9-7-15)20-11-10-17(23-3)12-19(18)20;/h6-12H,4-5,13H2,1-3H3;1H4/i;1T. The van der Waals surface area contributed by atoms with Crippen molar-refractivity contribution in [2.45, 2.75) is 40.6 Å². The molecule has 128 valence electrons. The Bertz CT molecular complexity index is 824. The van der Waals surface area contributed by atoms with E-state index in [1.54, 1.807) is 7.11 Å². The molecule has 2 nitrogen and oxygen atoms in total. The molecule has 3 rings (SSSR count). The van der Waals surface area contributed by atoms with Crippen LogP contribution in [0.1, 0.15) is 38.9 Å². The predicted octanol–water partition coefficient (Wildman–Crippen LogP) is 6.36. The lowest BCUT2D eigenvalue weighted by atomic mass is 10.1. The van der Waals surface area contributed by atoms with Gasteiger partial charge < -0.3 is 9.30 Å². The highest BCUT2D eigenvalue weighted by atomic mass is 79.9. The van der Waals surface area contributed by atoms with E-state index in [2.05, 4.69) is 76.8 Å². The molecule has 1 heterocycles. The van der Waals surface area contributed by atoms with Gasteiger partial charge in [0.05, 0.1) is 7.11 Å². The predicted molar refractivity (Wildman–Crippen MR) is 107 cm³/mol. The highest BCUT2D eigenvalue weighted by Gasteiger charge is 2.14. The summed E-state index contributed by atoms with van der Waals surface area (Å²) in [6.07, 6.45) is 2.25. The van der Waals surface area contributed by atoms with Crippen LogP contribution < -0.4 is 4.74 Å². The molecule has 0 bridgehead atoms. The highest BCUT2D eigenvalue weighted by Crippen LogP contribution is 2.31. The number of hydrogen-bond donors (Lipinski definition) is 0. The first-order valence-corrected chi connectivity index (χ1v) is 8.83. The third-order valence-corrected chi connectivity index (χ3v) is 4.94. The van der Waals surface area contributed by atoms with Gasteiger partial charge in [-0.25, -0.2) is 0 Å². The number of aryl methyl sites for hydroxylation is 1.